The Hall–Kier alpha value is -3.61. The minimum Gasteiger partial charge on any atom is -0.449 e. The third-order valence-corrected chi connectivity index (χ3v) is 7.46. The summed E-state index contributed by atoms with van der Waals surface area (Å²) < 4.78 is 5.54. The molecule has 1 atom stereocenters. The van der Waals surface area contributed by atoms with Crippen LogP contribution >= 0.6 is 0 Å². The summed E-state index contributed by atoms with van der Waals surface area (Å²) in [4.78, 5) is 53.4. The molecule has 0 spiro atoms. The molecule has 2 aromatic rings. The third-order valence-electron chi connectivity index (χ3n) is 7.46. The van der Waals surface area contributed by atoms with Crippen LogP contribution in [-0.2, 0) is 19.1 Å². The zero-order chi connectivity index (χ0) is 27.3. The number of hydrogen-bond donors (Lipinski definition) is 1. The van der Waals surface area contributed by atoms with Crippen LogP contribution in [-0.4, -0.2) is 48.9 Å². The molecular weight excluding hydrogens is 480 g/mol. The predicted molar refractivity (Wildman–Crippen MR) is 146 cm³/mol. The molecule has 0 radical (unpaired) electrons. The number of rotatable bonds is 10. The van der Waals surface area contributed by atoms with Crippen molar-refractivity contribution < 1.29 is 23.9 Å². The van der Waals surface area contributed by atoms with Gasteiger partial charge in [-0.3, -0.25) is 14.6 Å². The van der Waals surface area contributed by atoms with Gasteiger partial charge in [0.25, 0.3) is 0 Å². The topological polar surface area (TPSA) is 102 Å². The summed E-state index contributed by atoms with van der Waals surface area (Å²) in [6.07, 6.45) is 2.67. The standard InChI is InChI=1S/C31H36N2O5/c1-20(29-27(35)16-31(2,3)17-28(29)36)32-15-9-8-10-21(18-34)33-30(37)38-19-26-24-13-6-4-11-22(24)23-12-5-7-14-25(23)26/h4-7,11-14,18,21,26,29H,8-10,15-17,19H2,1-3H3,(H,33,37)/t21-/m0/s1. The van der Waals surface area contributed by atoms with Crippen molar-refractivity contribution in [3.63, 3.8) is 0 Å². The van der Waals surface area contributed by atoms with E-state index in [-0.39, 0.29) is 29.5 Å². The van der Waals surface area contributed by atoms with Gasteiger partial charge in [-0.2, -0.15) is 0 Å². The molecule has 2 aromatic carbocycles. The molecule has 38 heavy (non-hydrogen) atoms. The largest absolute Gasteiger partial charge is 0.449 e. The Morgan fingerprint density at radius 2 is 1.61 bits per heavy atom. The maximum atomic E-state index is 12.5. The summed E-state index contributed by atoms with van der Waals surface area (Å²) in [7, 11) is 0. The van der Waals surface area contributed by atoms with Crippen LogP contribution in [0, 0.1) is 11.3 Å². The number of nitrogens with one attached hydrogen (secondary N) is 1. The summed E-state index contributed by atoms with van der Waals surface area (Å²) in [6.45, 7) is 6.26. The lowest BCUT2D eigenvalue weighted by Crippen LogP contribution is -2.41. The first-order valence-corrected chi connectivity index (χ1v) is 13.3. The molecule has 0 saturated heterocycles. The number of benzene rings is 2. The number of carbonyl (C=O) groups excluding carboxylic acids is 4. The van der Waals surface area contributed by atoms with Crippen LogP contribution in [0.3, 0.4) is 0 Å². The lowest BCUT2D eigenvalue weighted by atomic mass is 9.70. The zero-order valence-corrected chi connectivity index (χ0v) is 22.4. The second-order valence-electron chi connectivity index (χ2n) is 11.1. The molecule has 0 bridgehead atoms. The second kappa shape index (κ2) is 11.8. The fraction of sp³-hybridized carbons (Fsp3) is 0.452. The van der Waals surface area contributed by atoms with Crippen LogP contribution in [0.2, 0.25) is 0 Å². The quantitative estimate of drug-likeness (QED) is 0.200. The number of nitrogens with zero attached hydrogens (tertiary/aromatic N) is 1. The van der Waals surface area contributed by atoms with Crippen LogP contribution < -0.4 is 5.32 Å². The lowest BCUT2D eigenvalue weighted by molar-refractivity contribution is -0.136. The summed E-state index contributed by atoms with van der Waals surface area (Å²) in [5, 5.41) is 2.65. The minimum absolute atomic E-state index is 0.0436. The van der Waals surface area contributed by atoms with Gasteiger partial charge in [0.1, 0.15) is 30.4 Å². The lowest BCUT2D eigenvalue weighted by Gasteiger charge is -2.31. The molecule has 0 heterocycles. The fourth-order valence-corrected chi connectivity index (χ4v) is 5.64. The molecule has 4 rings (SSSR count). The SMILES string of the molecule is CC(=NCCCC[C@@H](C=O)NC(=O)OCC1c2ccccc2-c2ccccc21)C1C(=O)CC(C)(C)CC1=O. The number of amides is 1. The van der Waals surface area contributed by atoms with Crippen molar-refractivity contribution in [1.82, 2.24) is 5.32 Å². The van der Waals surface area contributed by atoms with E-state index in [1.54, 1.807) is 6.92 Å². The number of fused-ring (bicyclic) bond motifs is 3. The predicted octanol–water partition coefficient (Wildman–Crippen LogP) is 5.30. The van der Waals surface area contributed by atoms with Crippen LogP contribution in [0.4, 0.5) is 4.79 Å². The van der Waals surface area contributed by atoms with Gasteiger partial charge in [0.05, 0.1) is 6.04 Å². The normalized spacial score (nSPS) is 18.0. The molecule has 1 fully saturated rings. The minimum atomic E-state index is -0.721. The Labute approximate surface area is 224 Å². The molecule has 7 nitrogen and oxygen atoms in total. The van der Waals surface area contributed by atoms with E-state index in [0.29, 0.717) is 44.4 Å². The summed E-state index contributed by atoms with van der Waals surface area (Å²) >= 11 is 0. The number of alkyl carbamates (subject to hydrolysis) is 1. The van der Waals surface area contributed by atoms with Crippen LogP contribution in [0.1, 0.15) is 69.9 Å². The highest BCUT2D eigenvalue weighted by Gasteiger charge is 2.40. The van der Waals surface area contributed by atoms with Crippen molar-refractivity contribution in [3.8, 4) is 11.1 Å². The van der Waals surface area contributed by atoms with E-state index >= 15 is 0 Å². The molecule has 1 N–H and O–H groups in total. The summed E-state index contributed by atoms with van der Waals surface area (Å²) in [5.41, 5.74) is 4.85. The smallest absolute Gasteiger partial charge is 0.407 e. The van der Waals surface area contributed by atoms with E-state index in [0.717, 1.165) is 28.5 Å². The molecule has 2 aliphatic carbocycles. The van der Waals surface area contributed by atoms with E-state index in [2.05, 4.69) is 34.6 Å². The number of ether oxygens (including phenoxy) is 1. The number of aldehydes is 1. The molecule has 2 aliphatic rings. The van der Waals surface area contributed by atoms with Gasteiger partial charge in [-0.1, -0.05) is 62.4 Å². The first kappa shape index (κ1) is 27.4. The van der Waals surface area contributed by atoms with Gasteiger partial charge in [-0.25, -0.2) is 4.79 Å². The van der Waals surface area contributed by atoms with E-state index in [9.17, 15) is 19.2 Å². The molecular formula is C31H36N2O5. The number of ketones is 2. The van der Waals surface area contributed by atoms with Crippen molar-refractivity contribution in [2.24, 2.45) is 16.3 Å². The van der Waals surface area contributed by atoms with Crippen LogP contribution in [0.15, 0.2) is 53.5 Å². The van der Waals surface area contributed by atoms with E-state index < -0.39 is 18.1 Å². The zero-order valence-electron chi connectivity index (χ0n) is 22.4. The number of Topliss-reactive ketones (excluding diaryl/α,β-unsaturated/α-hetero) is 2. The average molecular weight is 517 g/mol. The molecule has 0 aliphatic heterocycles. The molecule has 7 heteroatoms. The van der Waals surface area contributed by atoms with Crippen LogP contribution in [0.5, 0.6) is 0 Å². The molecule has 0 aromatic heterocycles. The van der Waals surface area contributed by atoms with Gasteiger partial charge in [0, 0.05) is 31.0 Å². The summed E-state index contributed by atoms with van der Waals surface area (Å²) in [6, 6.07) is 15.6. The highest BCUT2D eigenvalue weighted by Crippen LogP contribution is 2.44. The van der Waals surface area contributed by atoms with Crippen molar-refractivity contribution in [2.45, 2.75) is 64.8 Å². The molecule has 200 valence electrons. The van der Waals surface area contributed by atoms with Gasteiger partial charge in [-0.05, 0) is 53.9 Å². The van der Waals surface area contributed by atoms with Gasteiger partial charge < -0.3 is 14.8 Å². The highest BCUT2D eigenvalue weighted by atomic mass is 16.5. The fourth-order valence-electron chi connectivity index (χ4n) is 5.64. The molecule has 1 saturated carbocycles. The van der Waals surface area contributed by atoms with Crippen molar-refractivity contribution in [3.05, 3.63) is 59.7 Å². The van der Waals surface area contributed by atoms with E-state index in [4.69, 9.17) is 4.74 Å². The Morgan fingerprint density at radius 1 is 1.03 bits per heavy atom. The molecule has 1 amide bonds. The number of unbranched alkanes of at least 4 members (excludes halogenated alkanes) is 1. The van der Waals surface area contributed by atoms with Gasteiger partial charge in [-0.15, -0.1) is 0 Å². The third kappa shape index (κ3) is 6.26. The van der Waals surface area contributed by atoms with E-state index in [1.807, 2.05) is 38.1 Å². The first-order valence-electron chi connectivity index (χ1n) is 13.3. The maximum Gasteiger partial charge on any atom is 0.407 e. The van der Waals surface area contributed by atoms with Crippen molar-refractivity contribution >= 4 is 29.7 Å². The Kier molecular flexibility index (Phi) is 8.55. The monoisotopic (exact) mass is 516 g/mol. The van der Waals surface area contributed by atoms with E-state index in [1.165, 1.54) is 0 Å². The number of aliphatic imine (C=N–C) groups is 1. The molecule has 0 unspecified atom stereocenters. The second-order valence-corrected chi connectivity index (χ2v) is 11.1. The Morgan fingerprint density at radius 3 is 2.18 bits per heavy atom. The highest BCUT2D eigenvalue weighted by molar-refractivity contribution is 6.21. The Balaban J connectivity index is 1.22. The van der Waals surface area contributed by atoms with Crippen LogP contribution in [0.25, 0.3) is 11.1 Å². The van der Waals surface area contributed by atoms with Gasteiger partial charge in [0.15, 0.2) is 0 Å². The van der Waals surface area contributed by atoms with Crippen molar-refractivity contribution in [1.29, 1.82) is 0 Å². The Bertz CT molecular complexity index is 1180. The van der Waals surface area contributed by atoms with Gasteiger partial charge in [0.2, 0.25) is 0 Å². The summed E-state index contributed by atoms with van der Waals surface area (Å²) in [5.74, 6) is -0.875. The van der Waals surface area contributed by atoms with Crippen molar-refractivity contribution in [2.75, 3.05) is 13.2 Å². The average Bonchev–Trinajstić information content (AvgIpc) is 3.19. The van der Waals surface area contributed by atoms with Gasteiger partial charge >= 0.3 is 6.09 Å². The maximum absolute atomic E-state index is 12.5. The first-order chi connectivity index (χ1) is 18.2. The number of hydrogen-bond acceptors (Lipinski definition) is 6. The number of carbonyl (C=O) groups is 4.